The van der Waals surface area contributed by atoms with Crippen molar-refractivity contribution in [1.82, 2.24) is 4.98 Å². The lowest BCUT2D eigenvalue weighted by Gasteiger charge is -2.35. The second kappa shape index (κ2) is 6.49. The molecule has 24 heavy (non-hydrogen) atoms. The molecule has 1 saturated heterocycles. The van der Waals surface area contributed by atoms with Gasteiger partial charge in [0.15, 0.2) is 5.13 Å². The Kier molecular flexibility index (Phi) is 4.21. The first-order valence-corrected chi connectivity index (χ1v) is 9.13. The summed E-state index contributed by atoms with van der Waals surface area (Å²) in [6.07, 6.45) is 0. The van der Waals surface area contributed by atoms with E-state index in [0.29, 0.717) is 0 Å². The molecule has 4 nitrogen and oxygen atoms in total. The second-order valence-corrected chi connectivity index (χ2v) is 7.12. The van der Waals surface area contributed by atoms with Crippen LogP contribution < -0.4 is 14.5 Å². The van der Waals surface area contributed by atoms with Gasteiger partial charge in [0.05, 0.1) is 16.8 Å². The number of methoxy groups -OCH3 is 1. The van der Waals surface area contributed by atoms with Crippen LogP contribution in [-0.2, 0) is 0 Å². The topological polar surface area (TPSA) is 28.6 Å². The molecule has 0 N–H and O–H groups in total. The SMILES string of the molecule is COc1ccc(Cl)c2sc(N3CCN(c4ccccc4)CC3)nc12. The van der Waals surface area contributed by atoms with Gasteiger partial charge in [0, 0.05) is 31.9 Å². The Bertz CT molecular complexity index is 844. The smallest absolute Gasteiger partial charge is 0.186 e. The fourth-order valence-corrected chi connectivity index (χ4v) is 4.34. The van der Waals surface area contributed by atoms with E-state index in [1.165, 1.54) is 5.69 Å². The van der Waals surface area contributed by atoms with Gasteiger partial charge in [-0.05, 0) is 24.3 Å². The maximum absolute atomic E-state index is 6.33. The van der Waals surface area contributed by atoms with Crippen LogP contribution in [-0.4, -0.2) is 38.3 Å². The maximum atomic E-state index is 6.33. The Morgan fingerprint density at radius 3 is 2.42 bits per heavy atom. The third-order valence-corrected chi connectivity index (χ3v) is 5.92. The molecule has 1 aliphatic rings. The Balaban J connectivity index is 1.56. The van der Waals surface area contributed by atoms with Crippen LogP contribution in [0.1, 0.15) is 0 Å². The number of hydrogen-bond donors (Lipinski definition) is 0. The summed E-state index contributed by atoms with van der Waals surface area (Å²) in [6, 6.07) is 14.3. The summed E-state index contributed by atoms with van der Waals surface area (Å²) in [5.74, 6) is 0.778. The average Bonchev–Trinajstić information content (AvgIpc) is 3.09. The monoisotopic (exact) mass is 359 g/mol. The van der Waals surface area contributed by atoms with Crippen molar-refractivity contribution in [3.8, 4) is 5.75 Å². The summed E-state index contributed by atoms with van der Waals surface area (Å²) in [5.41, 5.74) is 2.14. The zero-order valence-electron chi connectivity index (χ0n) is 13.4. The number of piperazine rings is 1. The molecule has 0 atom stereocenters. The van der Waals surface area contributed by atoms with Gasteiger partial charge in [-0.15, -0.1) is 0 Å². The molecule has 0 bridgehead atoms. The van der Waals surface area contributed by atoms with Gasteiger partial charge in [-0.2, -0.15) is 0 Å². The van der Waals surface area contributed by atoms with E-state index in [1.54, 1.807) is 18.4 Å². The minimum atomic E-state index is 0.734. The van der Waals surface area contributed by atoms with Crippen molar-refractivity contribution in [1.29, 1.82) is 0 Å². The lowest BCUT2D eigenvalue weighted by Crippen LogP contribution is -2.46. The number of halogens is 1. The number of benzene rings is 2. The minimum absolute atomic E-state index is 0.734. The number of fused-ring (bicyclic) bond motifs is 1. The van der Waals surface area contributed by atoms with Crippen molar-refractivity contribution in [3.63, 3.8) is 0 Å². The van der Waals surface area contributed by atoms with Crippen LogP contribution in [0, 0.1) is 0 Å². The van der Waals surface area contributed by atoms with E-state index in [0.717, 1.165) is 52.3 Å². The fourth-order valence-electron chi connectivity index (χ4n) is 3.04. The molecule has 0 radical (unpaired) electrons. The molecule has 3 aromatic rings. The Labute approximate surface area is 150 Å². The van der Waals surface area contributed by atoms with Crippen LogP contribution in [0.25, 0.3) is 10.2 Å². The van der Waals surface area contributed by atoms with Crippen molar-refractivity contribution in [3.05, 3.63) is 47.5 Å². The zero-order chi connectivity index (χ0) is 16.5. The zero-order valence-corrected chi connectivity index (χ0v) is 15.0. The summed E-state index contributed by atoms with van der Waals surface area (Å²) >= 11 is 7.97. The number of aromatic nitrogens is 1. The number of nitrogens with zero attached hydrogens (tertiary/aromatic N) is 3. The van der Waals surface area contributed by atoms with Crippen molar-refractivity contribution in [2.24, 2.45) is 0 Å². The summed E-state index contributed by atoms with van der Waals surface area (Å²) in [6.45, 7) is 3.89. The highest BCUT2D eigenvalue weighted by Gasteiger charge is 2.21. The van der Waals surface area contributed by atoms with E-state index >= 15 is 0 Å². The quantitative estimate of drug-likeness (QED) is 0.697. The van der Waals surface area contributed by atoms with E-state index in [1.807, 2.05) is 12.1 Å². The van der Waals surface area contributed by atoms with Crippen LogP contribution in [0.4, 0.5) is 10.8 Å². The molecule has 4 rings (SSSR count). The van der Waals surface area contributed by atoms with Crippen molar-refractivity contribution >= 4 is 44.0 Å². The molecule has 0 amide bonds. The molecule has 0 aliphatic carbocycles. The number of rotatable bonds is 3. The average molecular weight is 360 g/mol. The van der Waals surface area contributed by atoms with Gasteiger partial charge in [0.2, 0.25) is 0 Å². The predicted octanol–water partition coefficient (Wildman–Crippen LogP) is 4.28. The van der Waals surface area contributed by atoms with E-state index in [2.05, 4.69) is 40.1 Å². The molecular formula is C18H18ClN3OS. The molecule has 2 heterocycles. The Hall–Kier alpha value is -1.98. The molecule has 1 fully saturated rings. The number of hydrogen-bond acceptors (Lipinski definition) is 5. The Morgan fingerprint density at radius 2 is 1.71 bits per heavy atom. The fraction of sp³-hybridized carbons (Fsp3) is 0.278. The van der Waals surface area contributed by atoms with E-state index in [9.17, 15) is 0 Å². The molecule has 1 aromatic heterocycles. The molecule has 2 aromatic carbocycles. The third kappa shape index (κ3) is 2.78. The molecule has 6 heteroatoms. The second-order valence-electron chi connectivity index (χ2n) is 5.73. The summed E-state index contributed by atoms with van der Waals surface area (Å²) < 4.78 is 6.41. The van der Waals surface area contributed by atoms with Gasteiger partial charge in [-0.25, -0.2) is 4.98 Å². The highest BCUT2D eigenvalue weighted by molar-refractivity contribution is 7.22. The molecular weight excluding hydrogens is 342 g/mol. The summed E-state index contributed by atoms with van der Waals surface area (Å²) in [7, 11) is 1.67. The number of ether oxygens (including phenoxy) is 1. The predicted molar refractivity (Wildman–Crippen MR) is 102 cm³/mol. The first kappa shape index (κ1) is 15.5. The third-order valence-electron chi connectivity index (χ3n) is 4.34. The largest absolute Gasteiger partial charge is 0.494 e. The lowest BCUT2D eigenvalue weighted by atomic mass is 10.2. The first-order valence-electron chi connectivity index (χ1n) is 7.94. The van der Waals surface area contributed by atoms with Gasteiger partial charge in [0.1, 0.15) is 11.3 Å². The van der Waals surface area contributed by atoms with Crippen LogP contribution in [0.2, 0.25) is 5.02 Å². The number of para-hydroxylation sites is 1. The van der Waals surface area contributed by atoms with Crippen molar-refractivity contribution in [2.75, 3.05) is 43.1 Å². The highest BCUT2D eigenvalue weighted by atomic mass is 35.5. The minimum Gasteiger partial charge on any atom is -0.494 e. The van der Waals surface area contributed by atoms with Gasteiger partial charge in [0.25, 0.3) is 0 Å². The highest BCUT2D eigenvalue weighted by Crippen LogP contribution is 2.38. The first-order chi connectivity index (χ1) is 11.8. The van der Waals surface area contributed by atoms with Gasteiger partial charge >= 0.3 is 0 Å². The van der Waals surface area contributed by atoms with Crippen molar-refractivity contribution in [2.45, 2.75) is 0 Å². The van der Waals surface area contributed by atoms with Crippen LogP contribution >= 0.6 is 22.9 Å². The van der Waals surface area contributed by atoms with E-state index in [-0.39, 0.29) is 0 Å². The molecule has 124 valence electrons. The maximum Gasteiger partial charge on any atom is 0.186 e. The van der Waals surface area contributed by atoms with Gasteiger partial charge in [-0.1, -0.05) is 41.1 Å². The van der Waals surface area contributed by atoms with Gasteiger partial charge < -0.3 is 14.5 Å². The lowest BCUT2D eigenvalue weighted by molar-refractivity contribution is 0.419. The number of anilines is 2. The Morgan fingerprint density at radius 1 is 1.00 bits per heavy atom. The normalized spacial score (nSPS) is 15.1. The summed E-state index contributed by atoms with van der Waals surface area (Å²) in [4.78, 5) is 9.53. The van der Waals surface area contributed by atoms with Crippen LogP contribution in [0.3, 0.4) is 0 Å². The summed E-state index contributed by atoms with van der Waals surface area (Å²) in [5, 5.41) is 1.75. The molecule has 0 unspecified atom stereocenters. The van der Waals surface area contributed by atoms with E-state index < -0.39 is 0 Å². The van der Waals surface area contributed by atoms with E-state index in [4.69, 9.17) is 21.3 Å². The van der Waals surface area contributed by atoms with Gasteiger partial charge in [-0.3, -0.25) is 0 Å². The molecule has 0 spiro atoms. The molecule has 0 saturated carbocycles. The number of thiazole rings is 1. The standard InChI is InChI=1S/C18H18ClN3OS/c1-23-15-8-7-14(19)17-16(15)20-18(24-17)22-11-9-21(10-12-22)13-5-3-2-4-6-13/h2-8H,9-12H2,1H3. The van der Waals surface area contributed by atoms with Crippen LogP contribution in [0.15, 0.2) is 42.5 Å². The van der Waals surface area contributed by atoms with Crippen molar-refractivity contribution < 1.29 is 4.74 Å². The van der Waals surface area contributed by atoms with Crippen LogP contribution in [0.5, 0.6) is 5.75 Å². The molecule has 1 aliphatic heterocycles.